The summed E-state index contributed by atoms with van der Waals surface area (Å²) in [6, 6.07) is 8.41. The highest BCUT2D eigenvalue weighted by atomic mass is 19.1. The highest BCUT2D eigenvalue weighted by Gasteiger charge is 2.15. The molecule has 0 radical (unpaired) electrons. The van der Waals surface area contributed by atoms with Gasteiger partial charge in [0.2, 0.25) is 0 Å². The summed E-state index contributed by atoms with van der Waals surface area (Å²) in [6.45, 7) is 0.316. The predicted molar refractivity (Wildman–Crippen MR) is 98.7 cm³/mol. The van der Waals surface area contributed by atoms with E-state index in [0.29, 0.717) is 18.8 Å². The fourth-order valence-corrected chi connectivity index (χ4v) is 2.73. The molecule has 1 amide bonds. The molecule has 10 heteroatoms. The quantitative estimate of drug-likeness (QED) is 0.540. The van der Waals surface area contributed by atoms with Crippen LogP contribution in [0.25, 0.3) is 11.5 Å². The zero-order valence-electron chi connectivity index (χ0n) is 15.0. The lowest BCUT2D eigenvalue weighted by Gasteiger charge is -2.09. The van der Waals surface area contributed by atoms with Crippen LogP contribution in [0.1, 0.15) is 16.1 Å². The minimum absolute atomic E-state index is 0.249. The van der Waals surface area contributed by atoms with Crippen molar-refractivity contribution in [2.24, 2.45) is 0 Å². The number of aromatic nitrogens is 6. The first-order chi connectivity index (χ1) is 14.1. The van der Waals surface area contributed by atoms with Crippen molar-refractivity contribution in [1.82, 2.24) is 35.1 Å². The molecule has 29 heavy (non-hydrogen) atoms. The summed E-state index contributed by atoms with van der Waals surface area (Å²) >= 11 is 0. The van der Waals surface area contributed by atoms with E-state index in [-0.39, 0.29) is 17.2 Å². The molecule has 0 atom stereocenters. The molecular weight excluding hydrogens is 380 g/mol. The van der Waals surface area contributed by atoms with E-state index < -0.39 is 11.6 Å². The number of rotatable bonds is 6. The van der Waals surface area contributed by atoms with Gasteiger partial charge in [0, 0.05) is 25.2 Å². The van der Waals surface area contributed by atoms with E-state index in [1.807, 2.05) is 0 Å². The van der Waals surface area contributed by atoms with Crippen LogP contribution in [-0.2, 0) is 6.42 Å². The zero-order valence-corrected chi connectivity index (χ0v) is 15.0. The fourth-order valence-electron chi connectivity index (χ4n) is 2.73. The monoisotopic (exact) mass is 395 g/mol. The van der Waals surface area contributed by atoms with Crippen LogP contribution in [-0.4, -0.2) is 42.2 Å². The third-order valence-corrected chi connectivity index (χ3v) is 4.10. The van der Waals surface area contributed by atoms with Gasteiger partial charge in [-0.15, -0.1) is 0 Å². The molecule has 0 bridgehead atoms. The SMILES string of the molecule is O=C(NCCc1ccn(-c2ccc(F)cn2)n1)c1ccc(F)cc1-n1nccn1. The average Bonchev–Trinajstić information content (AvgIpc) is 3.41. The maximum Gasteiger partial charge on any atom is 0.253 e. The molecule has 0 aliphatic rings. The third-order valence-electron chi connectivity index (χ3n) is 4.10. The van der Waals surface area contributed by atoms with Crippen LogP contribution in [0.3, 0.4) is 0 Å². The van der Waals surface area contributed by atoms with Crippen molar-refractivity contribution in [3.8, 4) is 11.5 Å². The number of nitrogens with one attached hydrogen (secondary N) is 1. The van der Waals surface area contributed by atoms with Crippen LogP contribution in [0.4, 0.5) is 8.78 Å². The lowest BCUT2D eigenvalue weighted by Crippen LogP contribution is -2.27. The fraction of sp³-hybridized carbons (Fsp3) is 0.105. The molecule has 3 aromatic heterocycles. The standard InChI is InChI=1S/C19H15F2N7O/c20-13-1-3-16(17(11-13)28-24-8-9-25-28)19(29)22-7-5-15-6-10-27(26-15)18-4-2-14(21)12-23-18/h1-4,6,8-12H,5,7H2,(H,22,29). The van der Waals surface area contributed by atoms with E-state index in [0.717, 1.165) is 11.9 Å². The van der Waals surface area contributed by atoms with Gasteiger partial charge in [-0.3, -0.25) is 4.79 Å². The number of benzene rings is 1. The average molecular weight is 395 g/mol. The van der Waals surface area contributed by atoms with Crippen molar-refractivity contribution in [3.63, 3.8) is 0 Å². The molecule has 0 unspecified atom stereocenters. The molecule has 0 saturated heterocycles. The van der Waals surface area contributed by atoms with Gasteiger partial charge in [-0.2, -0.15) is 20.1 Å². The minimum atomic E-state index is -0.492. The number of pyridine rings is 1. The van der Waals surface area contributed by atoms with Gasteiger partial charge in [-0.25, -0.2) is 18.4 Å². The smallest absolute Gasteiger partial charge is 0.253 e. The van der Waals surface area contributed by atoms with Crippen molar-refractivity contribution in [2.45, 2.75) is 6.42 Å². The summed E-state index contributed by atoms with van der Waals surface area (Å²) in [4.78, 5) is 17.7. The molecule has 1 aromatic carbocycles. The number of nitrogens with zero attached hydrogens (tertiary/aromatic N) is 6. The van der Waals surface area contributed by atoms with Gasteiger partial charge < -0.3 is 5.32 Å². The second-order valence-electron chi connectivity index (χ2n) is 6.07. The van der Waals surface area contributed by atoms with Crippen LogP contribution >= 0.6 is 0 Å². The summed E-state index contributed by atoms with van der Waals surface area (Å²) in [5, 5.41) is 15.0. The van der Waals surface area contributed by atoms with Gasteiger partial charge in [0.25, 0.3) is 5.91 Å². The molecule has 0 spiro atoms. The number of amides is 1. The molecule has 0 fully saturated rings. The first-order valence-electron chi connectivity index (χ1n) is 8.71. The maximum atomic E-state index is 13.6. The van der Waals surface area contributed by atoms with Gasteiger partial charge in [0.05, 0.1) is 29.8 Å². The van der Waals surface area contributed by atoms with E-state index in [1.54, 1.807) is 12.3 Å². The van der Waals surface area contributed by atoms with Crippen LogP contribution < -0.4 is 5.32 Å². The Labute approximate surface area is 163 Å². The second kappa shape index (κ2) is 7.97. The lowest BCUT2D eigenvalue weighted by molar-refractivity contribution is 0.0953. The van der Waals surface area contributed by atoms with Crippen molar-refractivity contribution < 1.29 is 13.6 Å². The van der Waals surface area contributed by atoms with Crippen molar-refractivity contribution in [2.75, 3.05) is 6.54 Å². The summed E-state index contributed by atoms with van der Waals surface area (Å²) in [7, 11) is 0. The van der Waals surface area contributed by atoms with E-state index in [1.165, 1.54) is 52.2 Å². The molecule has 0 aliphatic heterocycles. The normalized spacial score (nSPS) is 10.8. The second-order valence-corrected chi connectivity index (χ2v) is 6.07. The summed E-state index contributed by atoms with van der Waals surface area (Å²) in [6.07, 6.45) is 6.18. The first kappa shape index (κ1) is 18.4. The van der Waals surface area contributed by atoms with Crippen LogP contribution in [0.5, 0.6) is 0 Å². The van der Waals surface area contributed by atoms with Crippen molar-refractivity contribution in [3.05, 3.63) is 84.1 Å². The van der Waals surface area contributed by atoms with Crippen molar-refractivity contribution in [1.29, 1.82) is 0 Å². The Morgan fingerprint density at radius 1 is 1.03 bits per heavy atom. The minimum Gasteiger partial charge on any atom is -0.352 e. The Kier molecular flexibility index (Phi) is 5.06. The van der Waals surface area contributed by atoms with E-state index in [4.69, 9.17) is 0 Å². The third kappa shape index (κ3) is 4.15. The van der Waals surface area contributed by atoms with Crippen LogP contribution in [0.15, 0.2) is 61.2 Å². The molecule has 3 heterocycles. The highest BCUT2D eigenvalue weighted by molar-refractivity contribution is 5.97. The highest BCUT2D eigenvalue weighted by Crippen LogP contribution is 2.15. The topological polar surface area (TPSA) is 90.5 Å². The Morgan fingerprint density at radius 3 is 2.59 bits per heavy atom. The maximum absolute atomic E-state index is 13.6. The number of carbonyl (C=O) groups excluding carboxylic acids is 1. The molecular formula is C19H15F2N7O. The molecule has 0 aliphatic carbocycles. The van der Waals surface area contributed by atoms with Gasteiger partial charge >= 0.3 is 0 Å². The Hall–Kier alpha value is -3.95. The summed E-state index contributed by atoms with van der Waals surface area (Å²) in [5.74, 6) is -0.801. The van der Waals surface area contributed by atoms with E-state index >= 15 is 0 Å². The lowest BCUT2D eigenvalue weighted by atomic mass is 10.1. The zero-order chi connectivity index (χ0) is 20.2. The Bertz CT molecular complexity index is 1120. The Morgan fingerprint density at radius 2 is 1.83 bits per heavy atom. The summed E-state index contributed by atoms with van der Waals surface area (Å²) in [5.41, 5.74) is 1.23. The predicted octanol–water partition coefficient (Wildman–Crippen LogP) is 2.10. The number of hydrogen-bond donors (Lipinski definition) is 1. The molecule has 4 aromatic rings. The Balaban J connectivity index is 1.41. The van der Waals surface area contributed by atoms with Crippen LogP contribution in [0, 0.1) is 11.6 Å². The van der Waals surface area contributed by atoms with Gasteiger partial charge in [-0.1, -0.05) is 0 Å². The van der Waals surface area contributed by atoms with Gasteiger partial charge in [0.15, 0.2) is 5.82 Å². The number of halogens is 2. The van der Waals surface area contributed by atoms with E-state index in [2.05, 4.69) is 25.6 Å². The van der Waals surface area contributed by atoms with E-state index in [9.17, 15) is 13.6 Å². The molecule has 0 saturated carbocycles. The van der Waals surface area contributed by atoms with Crippen molar-refractivity contribution >= 4 is 5.91 Å². The molecule has 1 N–H and O–H groups in total. The number of hydrogen-bond acceptors (Lipinski definition) is 5. The van der Waals surface area contributed by atoms with Gasteiger partial charge in [-0.05, 0) is 30.3 Å². The largest absolute Gasteiger partial charge is 0.352 e. The summed E-state index contributed by atoms with van der Waals surface area (Å²) < 4.78 is 28.1. The molecule has 146 valence electrons. The number of carbonyl (C=O) groups is 1. The van der Waals surface area contributed by atoms with Crippen LogP contribution in [0.2, 0.25) is 0 Å². The molecule has 8 nitrogen and oxygen atoms in total. The first-order valence-corrected chi connectivity index (χ1v) is 8.71. The molecule has 4 rings (SSSR count). The van der Waals surface area contributed by atoms with Gasteiger partial charge in [0.1, 0.15) is 17.3 Å².